The number of nitrogens with zero attached hydrogens (tertiary/aromatic N) is 3. The molecule has 0 amide bonds. The summed E-state index contributed by atoms with van der Waals surface area (Å²) in [5, 5.41) is 20.2. The number of rotatable bonds is 3. The van der Waals surface area contributed by atoms with Crippen LogP contribution in [0.25, 0.3) is 0 Å². The summed E-state index contributed by atoms with van der Waals surface area (Å²) < 4.78 is 1.82. The van der Waals surface area contributed by atoms with E-state index >= 15 is 0 Å². The van der Waals surface area contributed by atoms with Gasteiger partial charge >= 0.3 is 5.97 Å². The van der Waals surface area contributed by atoms with E-state index in [1.165, 1.54) is 0 Å². The predicted octanol–water partition coefficient (Wildman–Crippen LogP) is 0.991. The van der Waals surface area contributed by atoms with Crippen LogP contribution in [0.1, 0.15) is 24.6 Å². The molecule has 0 unspecified atom stereocenters. The van der Waals surface area contributed by atoms with Crippen LogP contribution in [0.2, 0.25) is 0 Å². The molecule has 6 heteroatoms. The van der Waals surface area contributed by atoms with E-state index in [4.69, 9.17) is 0 Å². The van der Waals surface area contributed by atoms with Crippen molar-refractivity contribution < 1.29 is 9.90 Å². The van der Waals surface area contributed by atoms with E-state index < -0.39 is 11.9 Å². The average molecular weight is 236 g/mol. The minimum atomic E-state index is -0.770. The van der Waals surface area contributed by atoms with Crippen molar-refractivity contribution >= 4 is 11.9 Å². The first-order valence-electron chi connectivity index (χ1n) is 5.60. The Bertz CT molecular complexity index is 452. The first kappa shape index (κ1) is 11.6. The van der Waals surface area contributed by atoms with Gasteiger partial charge in [0.1, 0.15) is 5.82 Å². The maximum atomic E-state index is 11.2. The number of aromatic nitrogens is 3. The smallest absolute Gasteiger partial charge is 0.307 e. The number of hydrogen-bond donors (Lipinski definition) is 2. The largest absolute Gasteiger partial charge is 0.481 e. The molecule has 0 fully saturated rings. The highest BCUT2D eigenvalue weighted by Crippen LogP contribution is 2.34. The highest BCUT2D eigenvalue weighted by atomic mass is 16.4. The zero-order chi connectivity index (χ0) is 12.4. The van der Waals surface area contributed by atoms with Gasteiger partial charge in [0.25, 0.3) is 0 Å². The molecule has 1 aliphatic carbocycles. The van der Waals surface area contributed by atoms with Gasteiger partial charge in [0.2, 0.25) is 5.95 Å². The van der Waals surface area contributed by atoms with Crippen LogP contribution < -0.4 is 5.32 Å². The average Bonchev–Trinajstić information content (AvgIpc) is 2.70. The number of anilines is 1. The summed E-state index contributed by atoms with van der Waals surface area (Å²) in [5.41, 5.74) is 0. The number of nitrogens with one attached hydrogen (secondary N) is 1. The van der Waals surface area contributed by atoms with Gasteiger partial charge in [-0.25, -0.2) is 0 Å². The second-order valence-electron chi connectivity index (χ2n) is 4.18. The highest BCUT2D eigenvalue weighted by Gasteiger charge is 2.33. The summed E-state index contributed by atoms with van der Waals surface area (Å²) in [7, 11) is 3.61. The Kier molecular flexibility index (Phi) is 3.12. The third-order valence-corrected chi connectivity index (χ3v) is 3.21. The Balaban J connectivity index is 2.33. The molecule has 0 radical (unpaired) electrons. The van der Waals surface area contributed by atoms with Gasteiger partial charge in [-0.15, -0.1) is 10.2 Å². The molecule has 0 aromatic carbocycles. The third-order valence-electron chi connectivity index (χ3n) is 3.21. The lowest BCUT2D eigenvalue weighted by atomic mass is 9.82. The van der Waals surface area contributed by atoms with Crippen molar-refractivity contribution in [1.82, 2.24) is 14.8 Å². The van der Waals surface area contributed by atoms with Gasteiger partial charge in [-0.2, -0.15) is 0 Å². The van der Waals surface area contributed by atoms with E-state index in [9.17, 15) is 9.90 Å². The molecule has 1 aromatic heterocycles. The maximum Gasteiger partial charge on any atom is 0.307 e. The summed E-state index contributed by atoms with van der Waals surface area (Å²) in [6.45, 7) is 0. The van der Waals surface area contributed by atoms with Gasteiger partial charge in [-0.1, -0.05) is 12.2 Å². The molecule has 1 heterocycles. The highest BCUT2D eigenvalue weighted by molar-refractivity contribution is 5.71. The second kappa shape index (κ2) is 4.57. The van der Waals surface area contributed by atoms with Crippen LogP contribution in [0.4, 0.5) is 5.95 Å². The van der Waals surface area contributed by atoms with Crippen LogP contribution in [-0.4, -0.2) is 32.9 Å². The lowest BCUT2D eigenvalue weighted by molar-refractivity contribution is -0.142. The second-order valence-corrected chi connectivity index (χ2v) is 4.18. The van der Waals surface area contributed by atoms with Crippen LogP contribution in [0.3, 0.4) is 0 Å². The van der Waals surface area contributed by atoms with Crippen LogP contribution in [0.5, 0.6) is 0 Å². The molecule has 0 saturated heterocycles. The number of carbonyl (C=O) groups is 1. The van der Waals surface area contributed by atoms with Crippen molar-refractivity contribution in [1.29, 1.82) is 0 Å². The van der Waals surface area contributed by atoms with Crippen molar-refractivity contribution in [3.8, 4) is 0 Å². The molecular formula is C11H16N4O2. The molecule has 1 aromatic rings. The molecule has 92 valence electrons. The number of aliphatic carboxylic acids is 1. The quantitative estimate of drug-likeness (QED) is 0.765. The summed E-state index contributed by atoms with van der Waals surface area (Å²) in [6, 6.07) is 0. The maximum absolute atomic E-state index is 11.2. The molecule has 17 heavy (non-hydrogen) atoms. The Morgan fingerprint density at radius 3 is 2.76 bits per heavy atom. The molecule has 2 rings (SSSR count). The van der Waals surface area contributed by atoms with E-state index in [2.05, 4.69) is 15.5 Å². The Labute approximate surface area is 99.4 Å². The van der Waals surface area contributed by atoms with Crippen LogP contribution in [0, 0.1) is 5.92 Å². The van der Waals surface area contributed by atoms with E-state index in [1.54, 1.807) is 7.05 Å². The predicted molar refractivity (Wildman–Crippen MR) is 62.8 cm³/mol. The summed E-state index contributed by atoms with van der Waals surface area (Å²) >= 11 is 0. The molecule has 2 N–H and O–H groups in total. The molecule has 0 bridgehead atoms. The fraction of sp³-hybridized carbons (Fsp3) is 0.545. The van der Waals surface area contributed by atoms with Gasteiger partial charge in [-0.3, -0.25) is 4.79 Å². The first-order chi connectivity index (χ1) is 8.15. The summed E-state index contributed by atoms with van der Waals surface area (Å²) in [4.78, 5) is 11.2. The van der Waals surface area contributed by atoms with Crippen molar-refractivity contribution in [2.24, 2.45) is 13.0 Å². The Morgan fingerprint density at radius 1 is 1.47 bits per heavy atom. The molecule has 0 spiro atoms. The van der Waals surface area contributed by atoms with Crippen LogP contribution >= 0.6 is 0 Å². The topological polar surface area (TPSA) is 80.0 Å². The minimum Gasteiger partial charge on any atom is -0.481 e. The normalized spacial score (nSPS) is 23.6. The van der Waals surface area contributed by atoms with Gasteiger partial charge in [0, 0.05) is 20.0 Å². The molecule has 6 nitrogen and oxygen atoms in total. The van der Waals surface area contributed by atoms with Gasteiger partial charge < -0.3 is 15.0 Å². The lowest BCUT2D eigenvalue weighted by Gasteiger charge is -2.24. The van der Waals surface area contributed by atoms with Crippen molar-refractivity contribution in [2.45, 2.75) is 18.8 Å². The van der Waals surface area contributed by atoms with Crippen LogP contribution in [0.15, 0.2) is 12.2 Å². The zero-order valence-electron chi connectivity index (χ0n) is 9.92. The van der Waals surface area contributed by atoms with Crippen molar-refractivity contribution in [3.63, 3.8) is 0 Å². The monoisotopic (exact) mass is 236 g/mol. The number of carboxylic acid groups (broad SMARTS) is 1. The Morgan fingerprint density at radius 2 is 2.18 bits per heavy atom. The van der Waals surface area contributed by atoms with Crippen LogP contribution in [-0.2, 0) is 11.8 Å². The van der Waals surface area contributed by atoms with E-state index in [-0.39, 0.29) is 5.92 Å². The fourth-order valence-corrected chi connectivity index (χ4v) is 2.25. The summed E-state index contributed by atoms with van der Waals surface area (Å²) in [5.74, 6) is 0.0999. The van der Waals surface area contributed by atoms with Gasteiger partial charge in [0.05, 0.1) is 5.92 Å². The molecule has 0 aliphatic heterocycles. The molecule has 0 saturated carbocycles. The van der Waals surface area contributed by atoms with Crippen molar-refractivity contribution in [2.75, 3.05) is 12.4 Å². The molecule has 2 atom stereocenters. The van der Waals surface area contributed by atoms with Gasteiger partial charge in [-0.05, 0) is 12.8 Å². The lowest BCUT2D eigenvalue weighted by Crippen LogP contribution is -2.25. The number of allylic oxidation sites excluding steroid dienone is 2. The summed E-state index contributed by atoms with van der Waals surface area (Å²) in [6.07, 6.45) is 5.19. The molecule has 1 aliphatic rings. The first-order valence-corrected chi connectivity index (χ1v) is 5.60. The minimum absolute atomic E-state index is 0.0999. The SMILES string of the molecule is CNc1nnc([C@@H]2CC=CC[C@@H]2C(=O)O)n1C. The third kappa shape index (κ3) is 2.02. The molecular weight excluding hydrogens is 220 g/mol. The van der Waals surface area contributed by atoms with E-state index in [0.29, 0.717) is 18.8 Å². The van der Waals surface area contributed by atoms with Gasteiger partial charge in [0.15, 0.2) is 0 Å². The standard InChI is InChI=1S/C11H16N4O2/c1-12-11-14-13-9(15(11)2)7-5-3-4-6-8(7)10(16)17/h3-4,7-8H,5-6H2,1-2H3,(H,12,14)(H,16,17)/t7-,8+/m1/s1. The van der Waals surface area contributed by atoms with E-state index in [1.807, 2.05) is 23.8 Å². The zero-order valence-corrected chi connectivity index (χ0v) is 9.92. The van der Waals surface area contributed by atoms with E-state index in [0.717, 1.165) is 5.82 Å². The fourth-order valence-electron chi connectivity index (χ4n) is 2.25. The Hall–Kier alpha value is -1.85. The van der Waals surface area contributed by atoms with Crippen molar-refractivity contribution in [3.05, 3.63) is 18.0 Å². The number of hydrogen-bond acceptors (Lipinski definition) is 4. The number of carboxylic acids is 1.